The maximum atomic E-state index is 3.62. The van der Waals surface area contributed by atoms with E-state index in [0.717, 1.165) is 11.9 Å². The Morgan fingerprint density at radius 3 is 2.29 bits per heavy atom. The topological polar surface area (TPSA) is 6.48 Å². The highest BCUT2D eigenvalue weighted by Gasteiger charge is 2.16. The van der Waals surface area contributed by atoms with Crippen molar-refractivity contribution in [1.82, 2.24) is 9.80 Å². The van der Waals surface area contributed by atoms with Crippen LogP contribution >= 0.6 is 31.9 Å². The van der Waals surface area contributed by atoms with Crippen molar-refractivity contribution in [3.63, 3.8) is 0 Å². The van der Waals surface area contributed by atoms with Gasteiger partial charge in [-0.1, -0.05) is 50.1 Å². The maximum absolute atomic E-state index is 3.62. The average molecular weight is 362 g/mol. The number of rotatable bonds is 4. The molecule has 1 saturated heterocycles. The van der Waals surface area contributed by atoms with E-state index in [1.165, 1.54) is 42.8 Å². The van der Waals surface area contributed by atoms with Gasteiger partial charge in [0, 0.05) is 49.1 Å². The van der Waals surface area contributed by atoms with E-state index in [1.807, 2.05) is 0 Å². The molecule has 1 aliphatic rings. The third-order valence-corrected chi connectivity index (χ3v) is 4.35. The van der Waals surface area contributed by atoms with Gasteiger partial charge in [0.25, 0.3) is 0 Å². The second kappa shape index (κ2) is 6.88. The van der Waals surface area contributed by atoms with Crippen molar-refractivity contribution in [2.45, 2.75) is 6.54 Å². The summed E-state index contributed by atoms with van der Waals surface area (Å²) in [4.78, 5) is 5.05. The zero-order valence-corrected chi connectivity index (χ0v) is 13.1. The molecule has 0 bridgehead atoms. The molecule has 0 N–H and O–H groups in total. The molecule has 0 radical (unpaired) electrons. The quantitative estimate of drug-likeness (QED) is 0.760. The first-order valence-electron chi connectivity index (χ1n) is 6.03. The van der Waals surface area contributed by atoms with E-state index in [4.69, 9.17) is 0 Å². The Bertz CT molecular complexity index is 349. The summed E-state index contributed by atoms with van der Waals surface area (Å²) in [5.41, 5.74) is 1.39. The highest BCUT2D eigenvalue weighted by Crippen LogP contribution is 2.18. The van der Waals surface area contributed by atoms with Crippen molar-refractivity contribution in [3.8, 4) is 0 Å². The number of piperazine rings is 1. The van der Waals surface area contributed by atoms with Crippen LogP contribution in [0.4, 0.5) is 0 Å². The molecule has 0 atom stereocenters. The van der Waals surface area contributed by atoms with Crippen molar-refractivity contribution in [2.24, 2.45) is 0 Å². The lowest BCUT2D eigenvalue weighted by Gasteiger charge is -2.34. The lowest BCUT2D eigenvalue weighted by molar-refractivity contribution is 0.133. The van der Waals surface area contributed by atoms with E-state index < -0.39 is 0 Å². The molecule has 0 saturated carbocycles. The fourth-order valence-corrected chi connectivity index (χ4v) is 3.07. The van der Waals surface area contributed by atoms with Crippen LogP contribution in [0, 0.1) is 0 Å². The van der Waals surface area contributed by atoms with Crippen LogP contribution in [0.1, 0.15) is 5.56 Å². The molecule has 0 spiro atoms. The number of benzene rings is 1. The maximum Gasteiger partial charge on any atom is 0.0246 e. The van der Waals surface area contributed by atoms with E-state index in [0.29, 0.717) is 0 Å². The predicted octanol–water partition coefficient (Wildman–Crippen LogP) is 2.96. The molecule has 4 heteroatoms. The molecule has 1 heterocycles. The number of hydrogen-bond donors (Lipinski definition) is 0. The largest absolute Gasteiger partial charge is 0.300 e. The number of hydrogen-bond acceptors (Lipinski definition) is 2. The van der Waals surface area contributed by atoms with E-state index in [-0.39, 0.29) is 0 Å². The smallest absolute Gasteiger partial charge is 0.0246 e. The van der Waals surface area contributed by atoms with Gasteiger partial charge >= 0.3 is 0 Å². The summed E-state index contributed by atoms with van der Waals surface area (Å²) >= 11 is 7.12. The second-order valence-electron chi connectivity index (χ2n) is 4.40. The van der Waals surface area contributed by atoms with E-state index in [1.54, 1.807) is 0 Å². The Kier molecular flexibility index (Phi) is 5.48. The molecule has 2 nitrogen and oxygen atoms in total. The molecule has 94 valence electrons. The second-order valence-corrected chi connectivity index (χ2v) is 6.05. The molecular formula is C13H18Br2N2. The molecule has 1 aromatic carbocycles. The van der Waals surface area contributed by atoms with Crippen molar-refractivity contribution in [3.05, 3.63) is 34.3 Å². The molecule has 0 aliphatic carbocycles. The van der Waals surface area contributed by atoms with Gasteiger partial charge in [-0.2, -0.15) is 0 Å². The number of halogens is 2. The summed E-state index contributed by atoms with van der Waals surface area (Å²) in [5, 5.41) is 1.08. The van der Waals surface area contributed by atoms with Crippen LogP contribution in [-0.4, -0.2) is 47.9 Å². The van der Waals surface area contributed by atoms with Crippen molar-refractivity contribution in [1.29, 1.82) is 0 Å². The summed E-state index contributed by atoms with van der Waals surface area (Å²) in [6.07, 6.45) is 0. The lowest BCUT2D eigenvalue weighted by atomic mass is 10.2. The van der Waals surface area contributed by atoms with Crippen molar-refractivity contribution in [2.75, 3.05) is 38.1 Å². The molecule has 2 rings (SSSR count). The first-order chi connectivity index (χ1) is 8.29. The van der Waals surface area contributed by atoms with Crippen LogP contribution < -0.4 is 0 Å². The molecular weight excluding hydrogens is 344 g/mol. The standard InChI is InChI=1S/C13H18Br2N2/c14-5-6-16-7-9-17(10-8-16)11-12-3-1-2-4-13(12)15/h1-4H,5-11H2. The Hall–Kier alpha value is 0.100. The molecule has 0 unspecified atom stereocenters. The third kappa shape index (κ3) is 4.05. The van der Waals surface area contributed by atoms with Gasteiger partial charge in [-0.15, -0.1) is 0 Å². The zero-order chi connectivity index (χ0) is 12.1. The highest BCUT2D eigenvalue weighted by molar-refractivity contribution is 9.10. The van der Waals surface area contributed by atoms with Gasteiger partial charge in [0.1, 0.15) is 0 Å². The summed E-state index contributed by atoms with van der Waals surface area (Å²) < 4.78 is 1.22. The fraction of sp³-hybridized carbons (Fsp3) is 0.538. The van der Waals surface area contributed by atoms with Crippen LogP contribution in [0.25, 0.3) is 0 Å². The monoisotopic (exact) mass is 360 g/mol. The van der Waals surface area contributed by atoms with Crippen LogP contribution in [0.5, 0.6) is 0 Å². The minimum atomic E-state index is 1.06. The molecule has 0 amide bonds. The molecule has 17 heavy (non-hydrogen) atoms. The molecule has 1 aromatic rings. The van der Waals surface area contributed by atoms with Gasteiger partial charge in [0.2, 0.25) is 0 Å². The Morgan fingerprint density at radius 2 is 1.65 bits per heavy atom. The van der Waals surface area contributed by atoms with Gasteiger partial charge in [0.05, 0.1) is 0 Å². The number of alkyl halides is 1. The van der Waals surface area contributed by atoms with E-state index >= 15 is 0 Å². The zero-order valence-electron chi connectivity index (χ0n) is 9.91. The van der Waals surface area contributed by atoms with Crippen LogP contribution in [0.3, 0.4) is 0 Å². The van der Waals surface area contributed by atoms with Gasteiger partial charge in [-0.05, 0) is 11.6 Å². The first kappa shape index (κ1) is 13.5. The van der Waals surface area contributed by atoms with Gasteiger partial charge in [-0.3, -0.25) is 9.80 Å². The average Bonchev–Trinajstić information content (AvgIpc) is 2.35. The molecule has 0 aromatic heterocycles. The Labute approximate surface area is 120 Å². The number of nitrogens with zero attached hydrogens (tertiary/aromatic N) is 2. The third-order valence-electron chi connectivity index (χ3n) is 3.22. The van der Waals surface area contributed by atoms with Crippen molar-refractivity contribution >= 4 is 31.9 Å². The van der Waals surface area contributed by atoms with Crippen LogP contribution in [-0.2, 0) is 6.54 Å². The Morgan fingerprint density at radius 1 is 1.00 bits per heavy atom. The molecule has 1 aliphatic heterocycles. The van der Waals surface area contributed by atoms with Gasteiger partial charge in [-0.25, -0.2) is 0 Å². The fourth-order valence-electron chi connectivity index (χ4n) is 2.16. The van der Waals surface area contributed by atoms with Crippen molar-refractivity contribution < 1.29 is 0 Å². The summed E-state index contributed by atoms with van der Waals surface area (Å²) in [6.45, 7) is 6.96. The normalized spacial score (nSPS) is 18.5. The van der Waals surface area contributed by atoms with E-state index in [9.17, 15) is 0 Å². The summed E-state index contributed by atoms with van der Waals surface area (Å²) in [7, 11) is 0. The predicted molar refractivity (Wildman–Crippen MR) is 79.7 cm³/mol. The Balaban J connectivity index is 1.84. The van der Waals surface area contributed by atoms with Crippen LogP contribution in [0.15, 0.2) is 28.7 Å². The highest BCUT2D eigenvalue weighted by atomic mass is 79.9. The summed E-state index contributed by atoms with van der Waals surface area (Å²) in [5.74, 6) is 0. The van der Waals surface area contributed by atoms with Gasteiger partial charge in [0.15, 0.2) is 0 Å². The first-order valence-corrected chi connectivity index (χ1v) is 7.95. The molecule has 1 fully saturated rings. The SMILES string of the molecule is BrCCN1CCN(Cc2ccccc2Br)CC1. The van der Waals surface area contributed by atoms with Crippen LogP contribution in [0.2, 0.25) is 0 Å². The minimum absolute atomic E-state index is 1.06. The minimum Gasteiger partial charge on any atom is -0.300 e. The summed E-state index contributed by atoms with van der Waals surface area (Å²) in [6, 6.07) is 8.51. The lowest BCUT2D eigenvalue weighted by Crippen LogP contribution is -2.46. The van der Waals surface area contributed by atoms with E-state index in [2.05, 4.69) is 65.9 Å². The van der Waals surface area contributed by atoms with Gasteiger partial charge < -0.3 is 0 Å².